The van der Waals surface area contributed by atoms with Gasteiger partial charge in [0.05, 0.1) is 28.8 Å². The van der Waals surface area contributed by atoms with Gasteiger partial charge in [0, 0.05) is 7.05 Å². The SMILES string of the molecule is Cn1cncc1COc1ccc(C(=O)O)cc1Cl. The Hall–Kier alpha value is -2.01. The van der Waals surface area contributed by atoms with Crippen molar-refractivity contribution in [2.75, 3.05) is 0 Å². The Balaban J connectivity index is 2.11. The van der Waals surface area contributed by atoms with E-state index in [9.17, 15) is 4.79 Å². The molecule has 0 aliphatic carbocycles. The molecule has 18 heavy (non-hydrogen) atoms. The average Bonchev–Trinajstić information content (AvgIpc) is 2.73. The van der Waals surface area contributed by atoms with E-state index in [0.29, 0.717) is 12.4 Å². The van der Waals surface area contributed by atoms with Crippen LogP contribution in [0.1, 0.15) is 16.1 Å². The monoisotopic (exact) mass is 266 g/mol. The highest BCUT2D eigenvalue weighted by Crippen LogP contribution is 2.26. The van der Waals surface area contributed by atoms with Gasteiger partial charge in [0.25, 0.3) is 0 Å². The quantitative estimate of drug-likeness (QED) is 0.923. The van der Waals surface area contributed by atoms with E-state index in [2.05, 4.69) is 4.98 Å². The maximum atomic E-state index is 10.7. The summed E-state index contributed by atoms with van der Waals surface area (Å²) in [7, 11) is 1.86. The second-order valence-corrected chi connectivity index (χ2v) is 4.14. The minimum Gasteiger partial charge on any atom is -0.486 e. The van der Waals surface area contributed by atoms with E-state index >= 15 is 0 Å². The number of halogens is 1. The van der Waals surface area contributed by atoms with E-state index in [-0.39, 0.29) is 10.6 Å². The second kappa shape index (κ2) is 5.10. The van der Waals surface area contributed by atoms with Gasteiger partial charge in [0.15, 0.2) is 0 Å². The zero-order chi connectivity index (χ0) is 13.1. The molecule has 0 atom stereocenters. The summed E-state index contributed by atoms with van der Waals surface area (Å²) in [5, 5.41) is 9.08. The van der Waals surface area contributed by atoms with Gasteiger partial charge >= 0.3 is 5.97 Å². The van der Waals surface area contributed by atoms with Gasteiger partial charge in [0.2, 0.25) is 0 Å². The molecule has 2 rings (SSSR count). The van der Waals surface area contributed by atoms with E-state index in [4.69, 9.17) is 21.4 Å². The highest BCUT2D eigenvalue weighted by atomic mass is 35.5. The van der Waals surface area contributed by atoms with Crippen molar-refractivity contribution in [3.63, 3.8) is 0 Å². The van der Waals surface area contributed by atoms with Gasteiger partial charge in [-0.15, -0.1) is 0 Å². The Labute approximate surface area is 109 Å². The predicted molar refractivity (Wildman–Crippen MR) is 66.0 cm³/mol. The number of aromatic carboxylic acids is 1. The van der Waals surface area contributed by atoms with Crippen molar-refractivity contribution in [2.24, 2.45) is 7.05 Å². The smallest absolute Gasteiger partial charge is 0.335 e. The van der Waals surface area contributed by atoms with Crippen LogP contribution in [0.4, 0.5) is 0 Å². The lowest BCUT2D eigenvalue weighted by Gasteiger charge is -2.08. The number of aryl methyl sites for hydroxylation is 1. The second-order valence-electron chi connectivity index (χ2n) is 3.73. The van der Waals surface area contributed by atoms with Crippen LogP contribution in [0.25, 0.3) is 0 Å². The average molecular weight is 267 g/mol. The maximum absolute atomic E-state index is 10.7. The number of aromatic nitrogens is 2. The number of rotatable bonds is 4. The fraction of sp³-hybridized carbons (Fsp3) is 0.167. The molecule has 0 bridgehead atoms. The van der Waals surface area contributed by atoms with Gasteiger partial charge < -0.3 is 14.4 Å². The Morgan fingerprint density at radius 3 is 2.89 bits per heavy atom. The van der Waals surface area contributed by atoms with Crippen LogP contribution in [0.15, 0.2) is 30.7 Å². The summed E-state index contributed by atoms with van der Waals surface area (Å²) in [6, 6.07) is 4.36. The van der Waals surface area contributed by atoms with Gasteiger partial charge in [-0.3, -0.25) is 0 Å². The molecule has 1 aromatic heterocycles. The van der Waals surface area contributed by atoms with Crippen LogP contribution in [-0.2, 0) is 13.7 Å². The van der Waals surface area contributed by atoms with Gasteiger partial charge in [-0.05, 0) is 18.2 Å². The number of hydrogen-bond acceptors (Lipinski definition) is 3. The molecule has 0 saturated heterocycles. The summed E-state index contributed by atoms with van der Waals surface area (Å²) >= 11 is 5.94. The third kappa shape index (κ3) is 2.62. The molecule has 5 nitrogen and oxygen atoms in total. The molecule has 0 fully saturated rings. The number of carbonyl (C=O) groups is 1. The fourth-order valence-corrected chi connectivity index (χ4v) is 1.66. The van der Waals surface area contributed by atoms with Gasteiger partial charge in [-0.2, -0.15) is 0 Å². The van der Waals surface area contributed by atoms with Crippen molar-refractivity contribution in [2.45, 2.75) is 6.61 Å². The number of carboxylic acids is 1. The van der Waals surface area contributed by atoms with E-state index in [0.717, 1.165) is 5.69 Å². The summed E-state index contributed by atoms with van der Waals surface area (Å²) in [5.74, 6) is -0.571. The minimum atomic E-state index is -1.02. The Morgan fingerprint density at radius 1 is 1.56 bits per heavy atom. The molecule has 0 spiro atoms. The van der Waals surface area contributed by atoms with Crippen molar-refractivity contribution in [1.82, 2.24) is 9.55 Å². The molecule has 0 saturated carbocycles. The van der Waals surface area contributed by atoms with Crippen LogP contribution < -0.4 is 4.74 Å². The summed E-state index contributed by atoms with van der Waals surface area (Å²) in [6.07, 6.45) is 3.37. The summed E-state index contributed by atoms with van der Waals surface area (Å²) < 4.78 is 7.34. The number of ether oxygens (including phenoxy) is 1. The minimum absolute atomic E-state index is 0.132. The van der Waals surface area contributed by atoms with Crippen LogP contribution >= 0.6 is 11.6 Å². The maximum Gasteiger partial charge on any atom is 0.335 e. The zero-order valence-corrected chi connectivity index (χ0v) is 10.4. The van der Waals surface area contributed by atoms with Crippen molar-refractivity contribution >= 4 is 17.6 Å². The molecule has 0 radical (unpaired) electrons. The fourth-order valence-electron chi connectivity index (χ4n) is 1.43. The Kier molecular flexibility index (Phi) is 3.53. The zero-order valence-electron chi connectivity index (χ0n) is 9.63. The molecule has 1 heterocycles. The first-order valence-corrected chi connectivity index (χ1v) is 5.56. The van der Waals surface area contributed by atoms with Crippen molar-refractivity contribution in [3.05, 3.63) is 47.0 Å². The number of carboxylic acid groups (broad SMARTS) is 1. The first kappa shape index (κ1) is 12.4. The van der Waals surface area contributed by atoms with E-state index in [1.165, 1.54) is 12.1 Å². The first-order chi connectivity index (χ1) is 8.58. The Bertz CT molecular complexity index is 580. The van der Waals surface area contributed by atoms with Crippen LogP contribution in [0.2, 0.25) is 5.02 Å². The standard InChI is InChI=1S/C12H11ClN2O3/c1-15-7-14-5-9(15)6-18-11-3-2-8(12(16)17)4-10(11)13/h2-5,7H,6H2,1H3,(H,16,17). The molecule has 1 N–H and O–H groups in total. The van der Waals surface area contributed by atoms with Crippen molar-refractivity contribution < 1.29 is 14.6 Å². The third-order valence-electron chi connectivity index (χ3n) is 2.47. The number of nitrogens with zero attached hydrogens (tertiary/aromatic N) is 2. The molecule has 0 amide bonds. The molecular formula is C12H11ClN2O3. The third-order valence-corrected chi connectivity index (χ3v) is 2.77. The lowest BCUT2D eigenvalue weighted by Crippen LogP contribution is -2.02. The van der Waals surface area contributed by atoms with E-state index in [1.807, 2.05) is 11.6 Å². The van der Waals surface area contributed by atoms with Crippen LogP contribution in [-0.4, -0.2) is 20.6 Å². The van der Waals surface area contributed by atoms with Crippen LogP contribution in [0, 0.1) is 0 Å². The van der Waals surface area contributed by atoms with Crippen LogP contribution in [0.5, 0.6) is 5.75 Å². The van der Waals surface area contributed by atoms with Crippen molar-refractivity contribution in [3.8, 4) is 5.75 Å². The largest absolute Gasteiger partial charge is 0.486 e. The summed E-state index contributed by atoms with van der Waals surface area (Å²) in [4.78, 5) is 14.7. The lowest BCUT2D eigenvalue weighted by molar-refractivity contribution is 0.0697. The molecular weight excluding hydrogens is 256 g/mol. The molecule has 0 aliphatic rings. The Morgan fingerprint density at radius 2 is 2.33 bits per heavy atom. The summed E-state index contributed by atoms with van der Waals surface area (Å²) in [5.41, 5.74) is 1.03. The van der Waals surface area contributed by atoms with Gasteiger partial charge in [-0.25, -0.2) is 9.78 Å². The van der Waals surface area contributed by atoms with Crippen LogP contribution in [0.3, 0.4) is 0 Å². The molecule has 0 unspecified atom stereocenters. The summed E-state index contributed by atoms with van der Waals surface area (Å²) in [6.45, 7) is 0.322. The van der Waals surface area contributed by atoms with E-state index < -0.39 is 5.97 Å². The number of benzene rings is 1. The molecule has 6 heteroatoms. The molecule has 94 valence electrons. The van der Waals surface area contributed by atoms with Gasteiger partial charge in [0.1, 0.15) is 12.4 Å². The van der Waals surface area contributed by atoms with E-state index in [1.54, 1.807) is 18.6 Å². The predicted octanol–water partition coefficient (Wildman–Crippen LogP) is 2.35. The topological polar surface area (TPSA) is 64.4 Å². The lowest BCUT2D eigenvalue weighted by atomic mass is 10.2. The highest BCUT2D eigenvalue weighted by Gasteiger charge is 2.08. The number of imidazole rings is 1. The number of hydrogen-bond donors (Lipinski definition) is 1. The van der Waals surface area contributed by atoms with Crippen molar-refractivity contribution in [1.29, 1.82) is 0 Å². The highest BCUT2D eigenvalue weighted by molar-refractivity contribution is 6.32. The normalized spacial score (nSPS) is 10.3. The van der Waals surface area contributed by atoms with Gasteiger partial charge in [-0.1, -0.05) is 11.6 Å². The molecule has 2 aromatic rings. The molecule has 0 aliphatic heterocycles. The first-order valence-electron chi connectivity index (χ1n) is 5.19. The molecule has 1 aromatic carbocycles.